The lowest BCUT2D eigenvalue weighted by Crippen LogP contribution is -2.24. The van der Waals surface area contributed by atoms with E-state index in [0.29, 0.717) is 31.8 Å². The van der Waals surface area contributed by atoms with Gasteiger partial charge in [0.1, 0.15) is 0 Å². The van der Waals surface area contributed by atoms with Crippen molar-refractivity contribution < 1.29 is 4.79 Å². The fourth-order valence-corrected chi connectivity index (χ4v) is 5.78. The van der Waals surface area contributed by atoms with Crippen LogP contribution in [-0.2, 0) is 10.2 Å². The third kappa shape index (κ3) is 4.23. The molecule has 36 heavy (non-hydrogen) atoms. The maximum Gasteiger partial charge on any atom is 0.266 e. The highest BCUT2D eigenvalue weighted by Crippen LogP contribution is 2.46. The van der Waals surface area contributed by atoms with Crippen LogP contribution in [0, 0.1) is 0 Å². The van der Waals surface area contributed by atoms with E-state index in [2.05, 4.69) is 30.9 Å². The van der Waals surface area contributed by atoms with E-state index in [-0.39, 0.29) is 22.5 Å². The summed E-state index contributed by atoms with van der Waals surface area (Å²) < 4.78 is 1.48. The number of benzene rings is 3. The van der Waals surface area contributed by atoms with E-state index in [9.17, 15) is 9.59 Å². The highest BCUT2D eigenvalue weighted by Gasteiger charge is 2.38. The number of carbonyl (C=O) groups excluding carboxylic acids is 1. The van der Waals surface area contributed by atoms with Crippen LogP contribution >= 0.6 is 35.0 Å². The molecule has 0 aliphatic carbocycles. The standard InChI is InChI=1S/C28H23Cl2N3O2S/c1-28(2)20-9-5-7-11-24(20)32(3)25(28)15-18(34)16-36-27-31-23-10-6-4-8-19(23)26(35)33(27)17-12-13-21(29)22(30)14-17/h4-15H,16H2,1-3H3/b25-15+. The summed E-state index contributed by atoms with van der Waals surface area (Å²) >= 11 is 13.6. The maximum absolute atomic E-state index is 13.5. The largest absolute Gasteiger partial charge is 0.347 e. The molecule has 0 radical (unpaired) electrons. The van der Waals surface area contributed by atoms with Crippen molar-refractivity contribution >= 4 is 57.3 Å². The normalized spacial score (nSPS) is 15.5. The van der Waals surface area contributed by atoms with Crippen LogP contribution in [0.25, 0.3) is 16.6 Å². The van der Waals surface area contributed by atoms with Gasteiger partial charge in [-0.25, -0.2) is 4.98 Å². The Hall–Kier alpha value is -3.06. The summed E-state index contributed by atoms with van der Waals surface area (Å²) in [5.41, 5.74) is 3.78. The highest BCUT2D eigenvalue weighted by molar-refractivity contribution is 7.99. The predicted molar refractivity (Wildman–Crippen MR) is 149 cm³/mol. The van der Waals surface area contributed by atoms with E-state index in [1.807, 2.05) is 25.2 Å². The maximum atomic E-state index is 13.5. The van der Waals surface area contributed by atoms with Gasteiger partial charge in [-0.15, -0.1) is 0 Å². The summed E-state index contributed by atoms with van der Waals surface area (Å²) in [5.74, 6) is 0.0569. The minimum atomic E-state index is -0.297. The lowest BCUT2D eigenvalue weighted by molar-refractivity contribution is -0.112. The number of hydrogen-bond acceptors (Lipinski definition) is 5. The average Bonchev–Trinajstić information content (AvgIpc) is 3.05. The molecule has 4 aromatic rings. The van der Waals surface area contributed by atoms with Gasteiger partial charge in [-0.05, 0) is 42.0 Å². The number of anilines is 1. The molecule has 0 fully saturated rings. The zero-order chi connectivity index (χ0) is 25.6. The minimum absolute atomic E-state index is 0.0640. The Morgan fingerprint density at radius 2 is 1.75 bits per heavy atom. The molecular formula is C28H23Cl2N3O2S. The smallest absolute Gasteiger partial charge is 0.266 e. The van der Waals surface area contributed by atoms with Crippen molar-refractivity contribution in [3.8, 4) is 5.69 Å². The van der Waals surface area contributed by atoms with Crippen LogP contribution in [-0.4, -0.2) is 28.1 Å². The Labute approximate surface area is 223 Å². The van der Waals surface area contributed by atoms with E-state index in [0.717, 1.165) is 11.4 Å². The molecule has 0 N–H and O–H groups in total. The van der Waals surface area contributed by atoms with Crippen LogP contribution in [0.15, 0.2) is 88.5 Å². The summed E-state index contributed by atoms with van der Waals surface area (Å²) in [7, 11) is 1.98. The number of thioether (sulfide) groups is 1. The van der Waals surface area contributed by atoms with E-state index >= 15 is 0 Å². The molecule has 2 heterocycles. The summed E-state index contributed by atoms with van der Waals surface area (Å²) in [4.78, 5) is 33.4. The monoisotopic (exact) mass is 535 g/mol. The van der Waals surface area contributed by atoms with Gasteiger partial charge < -0.3 is 4.90 Å². The average molecular weight is 536 g/mol. The second kappa shape index (κ2) is 9.43. The van der Waals surface area contributed by atoms with Crippen molar-refractivity contribution in [1.82, 2.24) is 9.55 Å². The van der Waals surface area contributed by atoms with E-state index in [1.54, 1.807) is 42.5 Å². The zero-order valence-corrected chi connectivity index (χ0v) is 22.3. The molecule has 0 saturated heterocycles. The molecule has 0 saturated carbocycles. The quantitative estimate of drug-likeness (QED) is 0.162. The van der Waals surface area contributed by atoms with E-state index < -0.39 is 0 Å². The van der Waals surface area contributed by atoms with E-state index in [4.69, 9.17) is 28.2 Å². The molecule has 3 aromatic carbocycles. The van der Waals surface area contributed by atoms with Gasteiger partial charge in [-0.2, -0.15) is 0 Å². The van der Waals surface area contributed by atoms with Crippen LogP contribution in [0.3, 0.4) is 0 Å². The number of aromatic nitrogens is 2. The topological polar surface area (TPSA) is 55.2 Å². The molecule has 1 aromatic heterocycles. The molecule has 182 valence electrons. The lowest BCUT2D eigenvalue weighted by atomic mass is 9.83. The molecular weight excluding hydrogens is 513 g/mol. The first-order chi connectivity index (χ1) is 17.2. The van der Waals surface area contributed by atoms with Crippen molar-refractivity contribution in [2.45, 2.75) is 24.4 Å². The van der Waals surface area contributed by atoms with Gasteiger partial charge in [-0.1, -0.05) is 79.1 Å². The van der Waals surface area contributed by atoms with Crippen molar-refractivity contribution in [3.05, 3.63) is 104 Å². The van der Waals surface area contributed by atoms with Crippen molar-refractivity contribution in [1.29, 1.82) is 0 Å². The molecule has 5 nitrogen and oxygen atoms in total. The fraction of sp³-hybridized carbons (Fsp3) is 0.179. The zero-order valence-electron chi connectivity index (χ0n) is 20.0. The Morgan fingerprint density at radius 3 is 2.50 bits per heavy atom. The summed E-state index contributed by atoms with van der Waals surface area (Å²) in [6.45, 7) is 4.24. The van der Waals surface area contributed by atoms with Crippen LogP contribution in [0.4, 0.5) is 5.69 Å². The Bertz CT molecular complexity index is 1610. The minimum Gasteiger partial charge on any atom is -0.347 e. The number of fused-ring (bicyclic) bond motifs is 2. The number of carbonyl (C=O) groups is 1. The van der Waals surface area contributed by atoms with Crippen LogP contribution in [0.2, 0.25) is 10.0 Å². The summed E-state index contributed by atoms with van der Waals surface area (Å²) in [5, 5.41) is 1.61. The summed E-state index contributed by atoms with van der Waals surface area (Å²) in [6, 6.07) is 20.3. The first-order valence-electron chi connectivity index (χ1n) is 11.4. The van der Waals surface area contributed by atoms with Crippen molar-refractivity contribution in [3.63, 3.8) is 0 Å². The van der Waals surface area contributed by atoms with Crippen LogP contribution in [0.5, 0.6) is 0 Å². The van der Waals surface area contributed by atoms with Crippen molar-refractivity contribution in [2.75, 3.05) is 17.7 Å². The number of halogens is 2. The third-order valence-electron chi connectivity index (χ3n) is 6.49. The number of rotatable bonds is 5. The molecule has 0 unspecified atom stereocenters. The number of hydrogen-bond donors (Lipinski definition) is 0. The molecule has 0 atom stereocenters. The number of allylic oxidation sites excluding steroid dienone is 2. The first kappa shape index (κ1) is 24.6. The molecule has 0 amide bonds. The highest BCUT2D eigenvalue weighted by atomic mass is 35.5. The molecule has 0 spiro atoms. The fourth-order valence-electron chi connectivity index (χ4n) is 4.65. The van der Waals surface area contributed by atoms with Gasteiger partial charge in [0, 0.05) is 29.9 Å². The second-order valence-electron chi connectivity index (χ2n) is 9.14. The third-order valence-corrected chi connectivity index (χ3v) is 8.19. The van der Waals surface area contributed by atoms with Gasteiger partial charge in [0.05, 0.1) is 32.4 Å². The number of likely N-dealkylation sites (N-methyl/N-ethyl adjacent to an activating group) is 1. The van der Waals surface area contributed by atoms with Gasteiger partial charge in [0.25, 0.3) is 5.56 Å². The molecule has 0 bridgehead atoms. The number of para-hydroxylation sites is 2. The Kier molecular flexibility index (Phi) is 6.45. The van der Waals surface area contributed by atoms with Gasteiger partial charge in [0.2, 0.25) is 0 Å². The molecule has 1 aliphatic heterocycles. The Balaban J connectivity index is 1.50. The molecule has 1 aliphatic rings. The van der Waals surface area contributed by atoms with Crippen LogP contribution in [0.1, 0.15) is 19.4 Å². The second-order valence-corrected chi connectivity index (χ2v) is 10.9. The Morgan fingerprint density at radius 1 is 1.03 bits per heavy atom. The van der Waals surface area contributed by atoms with E-state index in [1.165, 1.54) is 21.9 Å². The molecule has 5 rings (SSSR count). The molecule has 8 heteroatoms. The van der Waals surface area contributed by atoms with Crippen molar-refractivity contribution in [2.24, 2.45) is 0 Å². The number of nitrogens with zero attached hydrogens (tertiary/aromatic N) is 3. The van der Waals surface area contributed by atoms with Crippen LogP contribution < -0.4 is 10.5 Å². The van der Waals surface area contributed by atoms with Gasteiger partial charge in [0.15, 0.2) is 10.9 Å². The first-order valence-corrected chi connectivity index (χ1v) is 13.1. The number of ketones is 1. The predicted octanol–water partition coefficient (Wildman–Crippen LogP) is 6.67. The van der Waals surface area contributed by atoms with Gasteiger partial charge >= 0.3 is 0 Å². The lowest BCUT2D eigenvalue weighted by Gasteiger charge is -2.24. The van der Waals surface area contributed by atoms with Gasteiger partial charge in [-0.3, -0.25) is 14.2 Å². The summed E-state index contributed by atoms with van der Waals surface area (Å²) in [6.07, 6.45) is 1.70. The SMILES string of the molecule is CN1/C(=C/C(=O)CSc2nc3ccccc3c(=O)n2-c2ccc(Cl)c(Cl)c2)C(C)(C)c2ccccc21.